The van der Waals surface area contributed by atoms with E-state index in [-0.39, 0.29) is 5.41 Å². The van der Waals surface area contributed by atoms with Crippen molar-refractivity contribution in [3.05, 3.63) is 131 Å². The van der Waals surface area contributed by atoms with Crippen LogP contribution in [0.2, 0.25) is 0 Å². The summed E-state index contributed by atoms with van der Waals surface area (Å²) in [6.45, 7) is 4.70. The lowest BCUT2D eigenvalue weighted by Gasteiger charge is -2.27. The summed E-state index contributed by atoms with van der Waals surface area (Å²) in [5, 5.41) is 3.72. The summed E-state index contributed by atoms with van der Waals surface area (Å²) in [5.74, 6) is 0. The van der Waals surface area contributed by atoms with Crippen LogP contribution >= 0.6 is 15.9 Å². The van der Waals surface area contributed by atoms with Crippen LogP contribution < -0.4 is 5.32 Å². The largest absolute Gasteiger partial charge is 0.355 e. The van der Waals surface area contributed by atoms with Gasteiger partial charge in [0, 0.05) is 26.8 Å². The zero-order valence-electron chi connectivity index (χ0n) is 19.8. The lowest BCUT2D eigenvalue weighted by Crippen LogP contribution is -2.17. The molecule has 0 aliphatic heterocycles. The summed E-state index contributed by atoms with van der Waals surface area (Å²) in [4.78, 5) is 0. The molecular formula is C33H26BrN. The Hall–Kier alpha value is -3.62. The van der Waals surface area contributed by atoms with Gasteiger partial charge in [0.2, 0.25) is 0 Å². The first-order chi connectivity index (χ1) is 17.0. The number of fused-ring (bicyclic) bond motifs is 3. The third kappa shape index (κ3) is 3.79. The maximum absolute atomic E-state index is 3.72. The van der Waals surface area contributed by atoms with Gasteiger partial charge in [-0.2, -0.15) is 0 Å². The highest BCUT2D eigenvalue weighted by molar-refractivity contribution is 9.10. The van der Waals surface area contributed by atoms with Crippen LogP contribution in [0.25, 0.3) is 33.4 Å². The van der Waals surface area contributed by atoms with Gasteiger partial charge in [0.15, 0.2) is 0 Å². The molecule has 1 aliphatic rings. The molecule has 0 aromatic heterocycles. The second kappa shape index (κ2) is 8.55. The molecule has 0 radical (unpaired) electrons. The van der Waals surface area contributed by atoms with Crippen LogP contribution in [0.1, 0.15) is 25.0 Å². The average Bonchev–Trinajstić information content (AvgIpc) is 3.13. The van der Waals surface area contributed by atoms with Gasteiger partial charge in [-0.3, -0.25) is 0 Å². The molecular weight excluding hydrogens is 490 g/mol. The van der Waals surface area contributed by atoms with Gasteiger partial charge < -0.3 is 5.32 Å². The lowest BCUT2D eigenvalue weighted by molar-refractivity contribution is 0.662. The number of halogens is 1. The topological polar surface area (TPSA) is 12.0 Å². The van der Waals surface area contributed by atoms with E-state index in [0.29, 0.717) is 0 Å². The van der Waals surface area contributed by atoms with E-state index < -0.39 is 0 Å². The fraction of sp³-hybridized carbons (Fsp3) is 0.0909. The summed E-state index contributed by atoms with van der Waals surface area (Å²) < 4.78 is 1.07. The van der Waals surface area contributed by atoms with Crippen LogP contribution in [0.5, 0.6) is 0 Å². The van der Waals surface area contributed by atoms with Crippen molar-refractivity contribution >= 4 is 27.3 Å². The summed E-state index contributed by atoms with van der Waals surface area (Å²) >= 11 is 3.55. The van der Waals surface area contributed by atoms with E-state index in [4.69, 9.17) is 0 Å². The van der Waals surface area contributed by atoms with Crippen molar-refractivity contribution in [3.63, 3.8) is 0 Å². The van der Waals surface area contributed by atoms with Crippen LogP contribution in [0.3, 0.4) is 0 Å². The van der Waals surface area contributed by atoms with Gasteiger partial charge in [0.1, 0.15) is 0 Å². The van der Waals surface area contributed by atoms with E-state index in [0.717, 1.165) is 15.8 Å². The first kappa shape index (κ1) is 21.9. The summed E-state index contributed by atoms with van der Waals surface area (Å²) in [5.41, 5.74) is 12.5. The van der Waals surface area contributed by atoms with E-state index in [9.17, 15) is 0 Å². The van der Waals surface area contributed by atoms with Gasteiger partial charge >= 0.3 is 0 Å². The molecule has 170 valence electrons. The molecule has 0 saturated heterocycles. The standard InChI is InChI=1S/C33H26BrN/c1-33(2)29-11-7-6-10-27(29)28-20-21-30(35-26-18-16-25(34)17-19-26)31(32(28)33)24-14-12-23(13-15-24)22-8-4-3-5-9-22/h3-21,35H,1-2H3. The molecule has 6 rings (SSSR count). The van der Waals surface area contributed by atoms with E-state index in [2.05, 4.69) is 150 Å². The molecule has 0 bridgehead atoms. The average molecular weight is 516 g/mol. The first-order valence-electron chi connectivity index (χ1n) is 12.0. The van der Waals surface area contributed by atoms with Crippen molar-refractivity contribution in [2.45, 2.75) is 19.3 Å². The normalized spacial score (nSPS) is 13.2. The van der Waals surface area contributed by atoms with Gasteiger partial charge in [0.25, 0.3) is 0 Å². The molecule has 5 aromatic carbocycles. The Morgan fingerprint density at radius 3 is 1.94 bits per heavy atom. The highest BCUT2D eigenvalue weighted by Gasteiger charge is 2.38. The molecule has 0 spiro atoms. The fourth-order valence-corrected chi connectivity index (χ4v) is 5.69. The Morgan fingerprint density at radius 1 is 0.571 bits per heavy atom. The molecule has 1 nitrogen and oxygen atoms in total. The van der Waals surface area contributed by atoms with E-state index in [1.807, 2.05) is 0 Å². The van der Waals surface area contributed by atoms with Crippen molar-refractivity contribution < 1.29 is 0 Å². The molecule has 35 heavy (non-hydrogen) atoms. The number of hydrogen-bond acceptors (Lipinski definition) is 1. The Bertz CT molecular complexity index is 1510. The number of benzene rings is 5. The molecule has 0 amide bonds. The smallest absolute Gasteiger partial charge is 0.0467 e. The minimum atomic E-state index is -0.100. The van der Waals surface area contributed by atoms with E-state index >= 15 is 0 Å². The molecule has 0 unspecified atom stereocenters. The molecule has 2 heteroatoms. The Morgan fingerprint density at radius 2 is 1.20 bits per heavy atom. The number of rotatable bonds is 4. The summed E-state index contributed by atoms with van der Waals surface area (Å²) in [7, 11) is 0. The van der Waals surface area contributed by atoms with Crippen LogP contribution in [0, 0.1) is 0 Å². The van der Waals surface area contributed by atoms with Crippen molar-refractivity contribution in [1.29, 1.82) is 0 Å². The van der Waals surface area contributed by atoms with Crippen LogP contribution in [-0.2, 0) is 5.41 Å². The quantitative estimate of drug-likeness (QED) is 0.251. The first-order valence-corrected chi connectivity index (χ1v) is 12.8. The zero-order chi connectivity index (χ0) is 24.0. The van der Waals surface area contributed by atoms with Crippen molar-refractivity contribution in [2.75, 3.05) is 5.32 Å². The molecule has 0 fully saturated rings. The number of hydrogen-bond donors (Lipinski definition) is 1. The number of anilines is 2. The minimum absolute atomic E-state index is 0.100. The van der Waals surface area contributed by atoms with Gasteiger partial charge in [-0.1, -0.05) is 115 Å². The molecule has 0 saturated carbocycles. The minimum Gasteiger partial charge on any atom is -0.355 e. The van der Waals surface area contributed by atoms with Crippen LogP contribution in [0.4, 0.5) is 11.4 Å². The van der Waals surface area contributed by atoms with Crippen molar-refractivity contribution in [3.8, 4) is 33.4 Å². The highest BCUT2D eigenvalue weighted by Crippen LogP contribution is 2.54. The lowest BCUT2D eigenvalue weighted by atomic mass is 9.78. The maximum Gasteiger partial charge on any atom is 0.0467 e. The number of nitrogens with one attached hydrogen (secondary N) is 1. The molecule has 5 aromatic rings. The fourth-order valence-electron chi connectivity index (χ4n) is 5.43. The summed E-state index contributed by atoms with van der Waals surface area (Å²) in [6, 6.07) is 41.3. The maximum atomic E-state index is 3.72. The van der Waals surface area contributed by atoms with Gasteiger partial charge in [0.05, 0.1) is 0 Å². The van der Waals surface area contributed by atoms with Gasteiger partial charge in [-0.25, -0.2) is 0 Å². The zero-order valence-corrected chi connectivity index (χ0v) is 21.4. The van der Waals surface area contributed by atoms with Crippen LogP contribution in [-0.4, -0.2) is 0 Å². The SMILES string of the molecule is CC1(C)c2ccccc2-c2ccc(Nc3ccc(Br)cc3)c(-c3ccc(-c4ccccc4)cc3)c21. The Balaban J connectivity index is 1.54. The van der Waals surface area contributed by atoms with Crippen LogP contribution in [0.15, 0.2) is 120 Å². The van der Waals surface area contributed by atoms with Crippen molar-refractivity contribution in [1.82, 2.24) is 0 Å². The Kier molecular flexibility index (Phi) is 5.35. The van der Waals surface area contributed by atoms with Gasteiger partial charge in [-0.15, -0.1) is 0 Å². The molecule has 0 atom stereocenters. The summed E-state index contributed by atoms with van der Waals surface area (Å²) in [6.07, 6.45) is 0. The molecule has 0 heterocycles. The van der Waals surface area contributed by atoms with Crippen molar-refractivity contribution in [2.24, 2.45) is 0 Å². The Labute approximate surface area is 215 Å². The predicted octanol–water partition coefficient (Wildman–Crippen LogP) is 9.83. The highest BCUT2D eigenvalue weighted by atomic mass is 79.9. The van der Waals surface area contributed by atoms with E-state index in [1.54, 1.807) is 0 Å². The molecule has 1 aliphatic carbocycles. The monoisotopic (exact) mass is 515 g/mol. The third-order valence-corrected chi connectivity index (χ3v) is 7.65. The second-order valence-electron chi connectivity index (χ2n) is 9.66. The molecule has 1 N–H and O–H groups in total. The third-order valence-electron chi connectivity index (χ3n) is 7.12. The predicted molar refractivity (Wildman–Crippen MR) is 152 cm³/mol. The van der Waals surface area contributed by atoms with E-state index in [1.165, 1.54) is 44.5 Å². The van der Waals surface area contributed by atoms with Gasteiger partial charge in [-0.05, 0) is 69.3 Å². The second-order valence-corrected chi connectivity index (χ2v) is 10.6.